The number of thiophene rings is 1. The molecule has 0 aliphatic heterocycles. The van der Waals surface area contributed by atoms with Gasteiger partial charge in [0, 0.05) is 29.5 Å². The van der Waals surface area contributed by atoms with Crippen LogP contribution in [-0.4, -0.2) is 39.9 Å². The molecule has 5 nitrogen and oxygen atoms in total. The molecule has 1 unspecified atom stereocenters. The molecule has 7 heteroatoms. The zero-order valence-electron chi connectivity index (χ0n) is 10.8. The summed E-state index contributed by atoms with van der Waals surface area (Å²) >= 11 is 1.45. The second kappa shape index (κ2) is 6.63. The largest absolute Gasteiger partial charge is 0.396 e. The van der Waals surface area contributed by atoms with Gasteiger partial charge in [-0.2, -0.15) is 0 Å². The smallest absolute Gasteiger partial charge is 0.242 e. The van der Waals surface area contributed by atoms with Crippen LogP contribution in [0.15, 0.2) is 11.0 Å². The minimum Gasteiger partial charge on any atom is -0.396 e. The second-order valence-electron chi connectivity index (χ2n) is 4.06. The lowest BCUT2D eigenvalue weighted by Crippen LogP contribution is -2.38. The molecule has 0 saturated heterocycles. The minimum atomic E-state index is -3.54. The van der Waals surface area contributed by atoms with E-state index in [0.717, 1.165) is 9.75 Å². The van der Waals surface area contributed by atoms with Gasteiger partial charge in [-0.25, -0.2) is 13.1 Å². The summed E-state index contributed by atoms with van der Waals surface area (Å²) in [6.07, 6.45) is 0.329. The fourth-order valence-electron chi connectivity index (χ4n) is 1.69. The number of aryl methyl sites for hydroxylation is 2. The molecule has 2 N–H and O–H groups in total. The Kier molecular flexibility index (Phi) is 5.74. The lowest BCUT2D eigenvalue weighted by molar-refractivity contribution is 0.158. The Hall–Kier alpha value is -0.470. The zero-order valence-corrected chi connectivity index (χ0v) is 12.4. The van der Waals surface area contributed by atoms with Crippen LogP contribution < -0.4 is 4.72 Å². The Balaban J connectivity index is 2.89. The highest BCUT2D eigenvalue weighted by Gasteiger charge is 2.22. The van der Waals surface area contributed by atoms with E-state index in [2.05, 4.69) is 4.72 Å². The number of aliphatic hydroxyl groups is 1. The number of hydrogen-bond acceptors (Lipinski definition) is 5. The van der Waals surface area contributed by atoms with Crippen molar-refractivity contribution in [1.29, 1.82) is 0 Å². The normalized spacial score (nSPS) is 13.8. The van der Waals surface area contributed by atoms with E-state index in [1.54, 1.807) is 13.0 Å². The van der Waals surface area contributed by atoms with E-state index in [-0.39, 0.29) is 13.2 Å². The third-order valence-corrected chi connectivity index (χ3v) is 5.19. The second-order valence-corrected chi connectivity index (χ2v) is 7.21. The topological polar surface area (TPSA) is 75.6 Å². The van der Waals surface area contributed by atoms with Gasteiger partial charge in [0.25, 0.3) is 0 Å². The quantitative estimate of drug-likeness (QED) is 0.787. The first kappa shape index (κ1) is 15.6. The number of rotatable bonds is 7. The molecular weight excluding hydrogens is 274 g/mol. The molecule has 0 bridgehead atoms. The summed E-state index contributed by atoms with van der Waals surface area (Å²) in [5.74, 6) is 0. The predicted molar refractivity (Wildman–Crippen MR) is 71.5 cm³/mol. The molecule has 0 aliphatic carbocycles. The molecule has 0 fully saturated rings. The number of hydrogen-bond donors (Lipinski definition) is 2. The highest BCUT2D eigenvalue weighted by atomic mass is 32.2. The lowest BCUT2D eigenvalue weighted by atomic mass is 10.2. The third-order valence-electron chi connectivity index (χ3n) is 2.45. The number of ether oxygens (including phenoxy) is 1. The zero-order chi connectivity index (χ0) is 13.8. The fourth-order valence-corrected chi connectivity index (χ4v) is 4.50. The SMILES string of the molecule is COCC(CCO)NS(=O)(=O)c1cc(C)sc1C. The summed E-state index contributed by atoms with van der Waals surface area (Å²) in [5.41, 5.74) is 0. The molecule has 0 aliphatic rings. The minimum absolute atomic E-state index is 0.0851. The monoisotopic (exact) mass is 293 g/mol. The summed E-state index contributed by atoms with van der Waals surface area (Å²) in [5, 5.41) is 8.90. The molecular formula is C11H19NO4S2. The van der Waals surface area contributed by atoms with Gasteiger partial charge in [-0.15, -0.1) is 11.3 Å². The summed E-state index contributed by atoms with van der Waals surface area (Å²) in [6.45, 7) is 3.81. The first-order valence-electron chi connectivity index (χ1n) is 5.60. The molecule has 0 radical (unpaired) electrons. The lowest BCUT2D eigenvalue weighted by Gasteiger charge is -2.16. The van der Waals surface area contributed by atoms with Crippen LogP contribution in [0.5, 0.6) is 0 Å². The molecule has 0 aromatic carbocycles. The third kappa shape index (κ3) is 4.03. The van der Waals surface area contributed by atoms with Crippen LogP contribution in [0.1, 0.15) is 16.2 Å². The fraction of sp³-hybridized carbons (Fsp3) is 0.636. The van der Waals surface area contributed by atoms with Gasteiger partial charge in [0.1, 0.15) is 0 Å². The Labute approximate surface area is 112 Å². The molecule has 1 rings (SSSR count). The van der Waals surface area contributed by atoms with Gasteiger partial charge in [0.2, 0.25) is 10.0 Å². The Bertz CT molecular complexity index is 475. The molecule has 18 heavy (non-hydrogen) atoms. The van der Waals surface area contributed by atoms with E-state index in [1.807, 2.05) is 6.92 Å². The van der Waals surface area contributed by atoms with Gasteiger partial charge >= 0.3 is 0 Å². The molecule has 1 aromatic rings. The summed E-state index contributed by atoms with van der Waals surface area (Å²) in [6, 6.07) is 1.25. The molecule has 1 atom stereocenters. The van der Waals surface area contributed by atoms with E-state index >= 15 is 0 Å². The maximum atomic E-state index is 12.2. The average molecular weight is 293 g/mol. The molecule has 0 amide bonds. The van der Waals surface area contributed by atoms with Crippen molar-refractivity contribution in [3.05, 3.63) is 15.8 Å². The van der Waals surface area contributed by atoms with Crippen LogP contribution in [0.25, 0.3) is 0 Å². The van der Waals surface area contributed by atoms with Crippen molar-refractivity contribution < 1.29 is 18.3 Å². The van der Waals surface area contributed by atoms with Crippen molar-refractivity contribution in [2.24, 2.45) is 0 Å². The van der Waals surface area contributed by atoms with Crippen LogP contribution in [0.4, 0.5) is 0 Å². The maximum Gasteiger partial charge on any atom is 0.242 e. The molecule has 0 saturated carbocycles. The predicted octanol–water partition coefficient (Wildman–Crippen LogP) is 1.04. The van der Waals surface area contributed by atoms with Crippen molar-refractivity contribution >= 4 is 21.4 Å². The summed E-state index contributed by atoms with van der Waals surface area (Å²) in [7, 11) is -2.05. The van der Waals surface area contributed by atoms with Crippen molar-refractivity contribution in [2.45, 2.75) is 31.2 Å². The van der Waals surface area contributed by atoms with Gasteiger partial charge < -0.3 is 9.84 Å². The molecule has 104 valence electrons. The van der Waals surface area contributed by atoms with Gasteiger partial charge in [0.05, 0.1) is 11.5 Å². The molecule has 1 heterocycles. The van der Waals surface area contributed by atoms with Crippen LogP contribution in [0.2, 0.25) is 0 Å². The number of aliphatic hydroxyl groups excluding tert-OH is 1. The molecule has 1 aromatic heterocycles. The number of sulfonamides is 1. The maximum absolute atomic E-state index is 12.2. The van der Waals surface area contributed by atoms with Crippen molar-refractivity contribution in [1.82, 2.24) is 4.72 Å². The van der Waals surface area contributed by atoms with Crippen molar-refractivity contribution in [3.63, 3.8) is 0 Å². The van der Waals surface area contributed by atoms with Crippen LogP contribution in [0.3, 0.4) is 0 Å². The Morgan fingerprint density at radius 3 is 2.61 bits per heavy atom. The van der Waals surface area contributed by atoms with Crippen LogP contribution >= 0.6 is 11.3 Å². The highest BCUT2D eigenvalue weighted by Crippen LogP contribution is 2.25. The Morgan fingerprint density at radius 1 is 1.50 bits per heavy atom. The number of nitrogens with one attached hydrogen (secondary N) is 1. The van der Waals surface area contributed by atoms with E-state index in [0.29, 0.717) is 11.3 Å². The van der Waals surface area contributed by atoms with Crippen molar-refractivity contribution in [3.8, 4) is 0 Å². The average Bonchev–Trinajstić information content (AvgIpc) is 2.59. The first-order valence-corrected chi connectivity index (χ1v) is 7.90. The van der Waals surface area contributed by atoms with E-state index in [9.17, 15) is 8.42 Å². The van der Waals surface area contributed by atoms with E-state index < -0.39 is 16.1 Å². The Morgan fingerprint density at radius 2 is 2.17 bits per heavy atom. The van der Waals surface area contributed by atoms with Gasteiger partial charge in [-0.3, -0.25) is 0 Å². The van der Waals surface area contributed by atoms with Gasteiger partial charge in [0.15, 0.2) is 0 Å². The summed E-state index contributed by atoms with van der Waals surface area (Å²) < 4.78 is 31.9. The first-order chi connectivity index (χ1) is 8.40. The van der Waals surface area contributed by atoms with E-state index in [1.165, 1.54) is 18.4 Å². The van der Waals surface area contributed by atoms with E-state index in [4.69, 9.17) is 9.84 Å². The van der Waals surface area contributed by atoms with Crippen molar-refractivity contribution in [2.75, 3.05) is 20.3 Å². The highest BCUT2D eigenvalue weighted by molar-refractivity contribution is 7.89. The summed E-state index contributed by atoms with van der Waals surface area (Å²) in [4.78, 5) is 2.03. The standard InChI is InChI=1S/C11H19NO4S2/c1-8-6-11(9(2)17-8)18(14,15)12-10(4-5-13)7-16-3/h6,10,12-13H,4-5,7H2,1-3H3. The van der Waals surface area contributed by atoms with Crippen LogP contribution in [-0.2, 0) is 14.8 Å². The van der Waals surface area contributed by atoms with Gasteiger partial charge in [-0.05, 0) is 26.3 Å². The number of methoxy groups -OCH3 is 1. The van der Waals surface area contributed by atoms with Gasteiger partial charge in [-0.1, -0.05) is 0 Å². The van der Waals surface area contributed by atoms with Crippen LogP contribution in [0, 0.1) is 13.8 Å². The molecule has 0 spiro atoms.